The van der Waals surface area contributed by atoms with E-state index in [9.17, 15) is 0 Å². The molecule has 0 spiro atoms. The minimum absolute atomic E-state index is 0.555. The molecule has 2 aromatic heterocycles. The summed E-state index contributed by atoms with van der Waals surface area (Å²) in [6.45, 7) is 0.555. The molecule has 0 aromatic carbocycles. The fourth-order valence-corrected chi connectivity index (χ4v) is 1.59. The molecule has 68 valence electrons. The van der Waals surface area contributed by atoms with Crippen LogP contribution in [0.2, 0.25) is 0 Å². The lowest BCUT2D eigenvalue weighted by Crippen LogP contribution is -1.85. The third kappa shape index (κ3) is 1.73. The van der Waals surface area contributed by atoms with Gasteiger partial charge in [-0.25, -0.2) is 4.98 Å². The predicted molar refractivity (Wildman–Crippen MR) is 53.6 cm³/mol. The normalized spacial score (nSPS) is 10.9. The third-order valence-electron chi connectivity index (χ3n) is 1.76. The molecular formula is C9H9BrN2O. The maximum Gasteiger partial charge on any atom is 0.137 e. The van der Waals surface area contributed by atoms with Crippen molar-refractivity contribution in [1.82, 2.24) is 9.38 Å². The average molecular weight is 241 g/mol. The minimum Gasteiger partial charge on any atom is -0.378 e. The van der Waals surface area contributed by atoms with E-state index >= 15 is 0 Å². The van der Waals surface area contributed by atoms with Gasteiger partial charge in [-0.3, -0.25) is 0 Å². The molecule has 4 heteroatoms. The molecule has 0 aliphatic heterocycles. The van der Waals surface area contributed by atoms with E-state index in [1.807, 2.05) is 28.9 Å². The van der Waals surface area contributed by atoms with E-state index in [4.69, 9.17) is 4.74 Å². The van der Waals surface area contributed by atoms with E-state index in [0.29, 0.717) is 6.61 Å². The second kappa shape index (κ2) is 3.47. The minimum atomic E-state index is 0.555. The number of methoxy groups -OCH3 is 1. The van der Waals surface area contributed by atoms with Crippen LogP contribution in [0.1, 0.15) is 5.69 Å². The van der Waals surface area contributed by atoms with Gasteiger partial charge in [0.1, 0.15) is 5.65 Å². The summed E-state index contributed by atoms with van der Waals surface area (Å²) < 4.78 is 8.01. The van der Waals surface area contributed by atoms with Crippen LogP contribution < -0.4 is 0 Å². The maximum atomic E-state index is 5.00. The van der Waals surface area contributed by atoms with Crippen molar-refractivity contribution in [2.45, 2.75) is 6.61 Å². The molecule has 0 N–H and O–H groups in total. The van der Waals surface area contributed by atoms with Crippen LogP contribution in [0.15, 0.2) is 29.0 Å². The number of rotatable bonds is 2. The predicted octanol–water partition coefficient (Wildman–Crippen LogP) is 2.24. The van der Waals surface area contributed by atoms with Crippen molar-refractivity contribution >= 4 is 21.6 Å². The molecule has 0 saturated carbocycles. The zero-order valence-corrected chi connectivity index (χ0v) is 8.78. The molecule has 0 bridgehead atoms. The Hall–Kier alpha value is -0.870. The van der Waals surface area contributed by atoms with Crippen molar-refractivity contribution in [2.24, 2.45) is 0 Å². The van der Waals surface area contributed by atoms with Gasteiger partial charge in [-0.05, 0) is 28.1 Å². The van der Waals surface area contributed by atoms with Gasteiger partial charge in [0.05, 0.1) is 12.3 Å². The summed E-state index contributed by atoms with van der Waals surface area (Å²) in [5, 5.41) is 0. The molecule has 0 aliphatic rings. The van der Waals surface area contributed by atoms with Crippen LogP contribution in [0.4, 0.5) is 0 Å². The van der Waals surface area contributed by atoms with E-state index in [-0.39, 0.29) is 0 Å². The summed E-state index contributed by atoms with van der Waals surface area (Å²) in [4.78, 5) is 4.36. The van der Waals surface area contributed by atoms with Crippen LogP contribution in [0, 0.1) is 0 Å². The monoisotopic (exact) mass is 240 g/mol. The molecule has 0 amide bonds. The lowest BCUT2D eigenvalue weighted by atomic mass is 10.5. The Morgan fingerprint density at radius 3 is 3.08 bits per heavy atom. The highest BCUT2D eigenvalue weighted by atomic mass is 79.9. The Balaban J connectivity index is 2.49. The lowest BCUT2D eigenvalue weighted by molar-refractivity contribution is 0.182. The number of hydrogen-bond acceptors (Lipinski definition) is 2. The first-order chi connectivity index (χ1) is 6.29. The van der Waals surface area contributed by atoms with Gasteiger partial charge in [-0.1, -0.05) is 0 Å². The number of fused-ring (bicyclic) bond motifs is 1. The second-order valence-corrected chi connectivity index (χ2v) is 3.69. The highest BCUT2D eigenvalue weighted by Crippen LogP contribution is 2.12. The zero-order chi connectivity index (χ0) is 9.26. The fourth-order valence-electron chi connectivity index (χ4n) is 1.23. The summed E-state index contributed by atoms with van der Waals surface area (Å²) in [5.41, 5.74) is 1.89. The Labute approximate surface area is 84.5 Å². The molecule has 13 heavy (non-hydrogen) atoms. The SMILES string of the molecule is COCc1cn2cc(Br)ccc2n1. The number of halogens is 1. The molecule has 0 saturated heterocycles. The largest absolute Gasteiger partial charge is 0.378 e. The summed E-state index contributed by atoms with van der Waals surface area (Å²) in [6.07, 6.45) is 3.94. The summed E-state index contributed by atoms with van der Waals surface area (Å²) in [7, 11) is 1.67. The van der Waals surface area contributed by atoms with E-state index < -0.39 is 0 Å². The van der Waals surface area contributed by atoms with Crippen LogP contribution in [0.3, 0.4) is 0 Å². The van der Waals surface area contributed by atoms with Crippen molar-refractivity contribution in [3.63, 3.8) is 0 Å². The smallest absolute Gasteiger partial charge is 0.137 e. The molecule has 0 unspecified atom stereocenters. The third-order valence-corrected chi connectivity index (χ3v) is 2.23. The molecule has 2 heterocycles. The number of nitrogens with zero attached hydrogens (tertiary/aromatic N) is 2. The quantitative estimate of drug-likeness (QED) is 0.806. The molecule has 2 aromatic rings. The topological polar surface area (TPSA) is 26.5 Å². The Morgan fingerprint density at radius 1 is 1.46 bits per heavy atom. The van der Waals surface area contributed by atoms with Gasteiger partial charge in [0.2, 0.25) is 0 Å². The standard InChI is InChI=1S/C9H9BrN2O/c1-13-6-8-5-12-4-7(10)2-3-9(12)11-8/h2-5H,6H2,1H3. The van der Waals surface area contributed by atoms with Gasteiger partial charge in [-0.15, -0.1) is 0 Å². The first-order valence-corrected chi connectivity index (χ1v) is 4.71. The highest BCUT2D eigenvalue weighted by Gasteiger charge is 2.00. The molecule has 2 rings (SSSR count). The molecule has 0 fully saturated rings. The first-order valence-electron chi connectivity index (χ1n) is 3.91. The number of imidazole rings is 1. The van der Waals surface area contributed by atoms with Crippen molar-refractivity contribution in [1.29, 1.82) is 0 Å². The second-order valence-electron chi connectivity index (χ2n) is 2.78. The highest BCUT2D eigenvalue weighted by molar-refractivity contribution is 9.10. The summed E-state index contributed by atoms with van der Waals surface area (Å²) in [6, 6.07) is 3.93. The number of pyridine rings is 1. The van der Waals surface area contributed by atoms with Gasteiger partial charge in [-0.2, -0.15) is 0 Å². The van der Waals surface area contributed by atoms with Gasteiger partial charge in [0.15, 0.2) is 0 Å². The Bertz CT molecular complexity index is 424. The van der Waals surface area contributed by atoms with Crippen LogP contribution in [-0.2, 0) is 11.3 Å². The molecule has 3 nitrogen and oxygen atoms in total. The average Bonchev–Trinajstić information content (AvgIpc) is 2.46. The van der Waals surface area contributed by atoms with E-state index in [0.717, 1.165) is 15.8 Å². The van der Waals surface area contributed by atoms with E-state index in [1.165, 1.54) is 0 Å². The van der Waals surface area contributed by atoms with Crippen molar-refractivity contribution < 1.29 is 4.74 Å². The number of hydrogen-bond donors (Lipinski definition) is 0. The van der Waals surface area contributed by atoms with Gasteiger partial charge >= 0.3 is 0 Å². The van der Waals surface area contributed by atoms with Crippen LogP contribution in [-0.4, -0.2) is 16.5 Å². The number of aromatic nitrogens is 2. The molecule has 0 atom stereocenters. The van der Waals surface area contributed by atoms with E-state index in [2.05, 4.69) is 20.9 Å². The van der Waals surface area contributed by atoms with Crippen molar-refractivity contribution in [2.75, 3.05) is 7.11 Å². The van der Waals surface area contributed by atoms with Crippen LogP contribution in [0.25, 0.3) is 5.65 Å². The van der Waals surface area contributed by atoms with E-state index in [1.54, 1.807) is 7.11 Å². The fraction of sp³-hybridized carbons (Fsp3) is 0.222. The Kier molecular flexibility index (Phi) is 2.33. The van der Waals surface area contributed by atoms with Crippen molar-refractivity contribution in [3.8, 4) is 0 Å². The number of ether oxygens (including phenoxy) is 1. The first kappa shape index (κ1) is 8.72. The van der Waals surface area contributed by atoms with Gasteiger partial charge in [0.25, 0.3) is 0 Å². The Morgan fingerprint density at radius 2 is 2.31 bits per heavy atom. The van der Waals surface area contributed by atoms with Crippen LogP contribution in [0.5, 0.6) is 0 Å². The summed E-state index contributed by atoms with van der Waals surface area (Å²) in [5.74, 6) is 0. The van der Waals surface area contributed by atoms with Gasteiger partial charge in [0, 0.05) is 24.0 Å². The van der Waals surface area contributed by atoms with Gasteiger partial charge < -0.3 is 9.14 Å². The molecule has 0 radical (unpaired) electrons. The zero-order valence-electron chi connectivity index (χ0n) is 7.20. The molecule has 0 aliphatic carbocycles. The lowest BCUT2D eigenvalue weighted by Gasteiger charge is -1.91. The van der Waals surface area contributed by atoms with Crippen molar-refractivity contribution in [3.05, 3.63) is 34.7 Å². The van der Waals surface area contributed by atoms with Crippen LogP contribution >= 0.6 is 15.9 Å². The molecular weight excluding hydrogens is 232 g/mol. The maximum absolute atomic E-state index is 5.00. The summed E-state index contributed by atoms with van der Waals surface area (Å²) >= 11 is 3.40.